The molecular formula is C10H9NO6. The first-order valence-electron chi connectivity index (χ1n) is 4.49. The first-order valence-corrected chi connectivity index (χ1v) is 4.49. The van der Waals surface area contributed by atoms with Crippen LogP contribution in [0, 0.1) is 10.1 Å². The second-order valence-electron chi connectivity index (χ2n) is 3.20. The van der Waals surface area contributed by atoms with E-state index in [9.17, 15) is 24.8 Å². The lowest BCUT2D eigenvalue weighted by molar-refractivity contribution is -0.385. The van der Waals surface area contributed by atoms with Gasteiger partial charge in [-0.15, -0.1) is 0 Å². The van der Waals surface area contributed by atoms with Crippen molar-refractivity contribution < 1.29 is 24.4 Å². The molecule has 0 heterocycles. The number of nitrogens with zero attached hydrogens (tertiary/aromatic N) is 1. The number of phenolic OH excluding ortho intramolecular Hbond substituents is 1. The minimum Gasteiger partial charge on any atom is -0.502 e. The average Bonchev–Trinajstić information content (AvgIpc) is 2.27. The Hall–Kier alpha value is -2.44. The van der Waals surface area contributed by atoms with E-state index >= 15 is 0 Å². The van der Waals surface area contributed by atoms with E-state index in [-0.39, 0.29) is 11.1 Å². The van der Waals surface area contributed by atoms with E-state index in [0.717, 1.165) is 26.2 Å². The second-order valence-corrected chi connectivity index (χ2v) is 3.20. The van der Waals surface area contributed by atoms with E-state index in [1.165, 1.54) is 0 Å². The number of ether oxygens (including phenoxy) is 1. The van der Waals surface area contributed by atoms with E-state index < -0.39 is 28.1 Å². The van der Waals surface area contributed by atoms with Crippen molar-refractivity contribution in [3.05, 3.63) is 33.4 Å². The first-order chi connectivity index (χ1) is 7.88. The molecule has 7 nitrogen and oxygen atoms in total. The van der Waals surface area contributed by atoms with Crippen molar-refractivity contribution in [3.63, 3.8) is 0 Å². The number of esters is 1. The molecule has 0 aliphatic carbocycles. The zero-order valence-electron chi connectivity index (χ0n) is 9.09. The van der Waals surface area contributed by atoms with Crippen LogP contribution in [0.25, 0.3) is 0 Å². The average molecular weight is 239 g/mol. The summed E-state index contributed by atoms with van der Waals surface area (Å²) in [6, 6.07) is 1.91. The summed E-state index contributed by atoms with van der Waals surface area (Å²) in [5, 5.41) is 20.1. The van der Waals surface area contributed by atoms with Crippen LogP contribution in [0.4, 0.5) is 5.69 Å². The molecule has 0 aliphatic heterocycles. The summed E-state index contributed by atoms with van der Waals surface area (Å²) in [6.45, 7) is 1.12. The molecule has 0 fully saturated rings. The normalized spacial score (nSPS) is 9.76. The number of nitro benzene ring substituents is 1. The molecule has 1 aromatic rings. The summed E-state index contributed by atoms with van der Waals surface area (Å²) in [4.78, 5) is 32.2. The summed E-state index contributed by atoms with van der Waals surface area (Å²) in [6.07, 6.45) is 0. The lowest BCUT2D eigenvalue weighted by Crippen LogP contribution is -2.06. The summed E-state index contributed by atoms with van der Waals surface area (Å²) < 4.78 is 4.39. The molecule has 0 atom stereocenters. The smallest absolute Gasteiger partial charge is 0.338 e. The van der Waals surface area contributed by atoms with Crippen LogP contribution in [0.3, 0.4) is 0 Å². The predicted molar refractivity (Wildman–Crippen MR) is 56.1 cm³/mol. The SMILES string of the molecule is COC(=O)c1cc(C(C)=O)c(O)c([N+](=O)[O-])c1. The summed E-state index contributed by atoms with van der Waals surface area (Å²) in [7, 11) is 1.11. The van der Waals surface area contributed by atoms with Crippen molar-refractivity contribution in [3.8, 4) is 5.75 Å². The van der Waals surface area contributed by atoms with Crippen LogP contribution in [0.5, 0.6) is 5.75 Å². The lowest BCUT2D eigenvalue weighted by atomic mass is 10.0. The number of benzene rings is 1. The summed E-state index contributed by atoms with van der Waals surface area (Å²) in [5.74, 6) is -2.16. The third-order valence-corrected chi connectivity index (χ3v) is 2.09. The minimum absolute atomic E-state index is 0.165. The van der Waals surface area contributed by atoms with Crippen LogP contribution in [-0.4, -0.2) is 28.9 Å². The number of nitro groups is 1. The first kappa shape index (κ1) is 12.6. The number of phenols is 1. The molecule has 17 heavy (non-hydrogen) atoms. The fourth-order valence-electron chi connectivity index (χ4n) is 1.26. The van der Waals surface area contributed by atoms with E-state index in [0.29, 0.717) is 0 Å². The Labute approximate surface area is 95.8 Å². The number of carbonyl (C=O) groups is 2. The molecule has 0 saturated heterocycles. The molecule has 0 radical (unpaired) electrons. The number of hydrogen-bond acceptors (Lipinski definition) is 6. The molecule has 0 bridgehead atoms. The van der Waals surface area contributed by atoms with Crippen molar-refractivity contribution >= 4 is 17.4 Å². The van der Waals surface area contributed by atoms with Gasteiger partial charge in [0.1, 0.15) is 0 Å². The van der Waals surface area contributed by atoms with E-state index in [1.807, 2.05) is 0 Å². The second kappa shape index (κ2) is 4.60. The van der Waals surface area contributed by atoms with Crippen molar-refractivity contribution in [2.24, 2.45) is 0 Å². The van der Waals surface area contributed by atoms with Crippen LogP contribution in [0.2, 0.25) is 0 Å². The summed E-state index contributed by atoms with van der Waals surface area (Å²) >= 11 is 0. The highest BCUT2D eigenvalue weighted by molar-refractivity contribution is 6.01. The predicted octanol–water partition coefficient (Wildman–Crippen LogP) is 1.29. The zero-order chi connectivity index (χ0) is 13.2. The highest BCUT2D eigenvalue weighted by Crippen LogP contribution is 2.31. The van der Waals surface area contributed by atoms with Gasteiger partial charge in [0.15, 0.2) is 5.78 Å². The van der Waals surface area contributed by atoms with E-state index in [2.05, 4.69) is 4.74 Å². The minimum atomic E-state index is -0.881. The Morgan fingerprint density at radius 1 is 1.41 bits per heavy atom. The number of rotatable bonds is 3. The largest absolute Gasteiger partial charge is 0.502 e. The molecule has 1 N–H and O–H groups in total. The maximum absolute atomic E-state index is 11.2. The molecule has 1 rings (SSSR count). The van der Waals surface area contributed by atoms with Crippen LogP contribution < -0.4 is 0 Å². The van der Waals surface area contributed by atoms with Crippen molar-refractivity contribution in [2.75, 3.05) is 7.11 Å². The quantitative estimate of drug-likeness (QED) is 0.368. The van der Waals surface area contributed by atoms with Gasteiger partial charge < -0.3 is 9.84 Å². The molecule has 0 aliphatic rings. The van der Waals surface area contributed by atoms with Gasteiger partial charge in [-0.1, -0.05) is 0 Å². The van der Waals surface area contributed by atoms with Gasteiger partial charge in [-0.2, -0.15) is 0 Å². The fourth-order valence-corrected chi connectivity index (χ4v) is 1.26. The van der Waals surface area contributed by atoms with E-state index in [1.54, 1.807) is 0 Å². The topological polar surface area (TPSA) is 107 Å². The number of Topliss-reactive ketones (excluding diaryl/α,β-unsaturated/α-hetero) is 1. The van der Waals surface area contributed by atoms with Crippen molar-refractivity contribution in [2.45, 2.75) is 6.92 Å². The van der Waals surface area contributed by atoms with Gasteiger partial charge in [-0.05, 0) is 13.0 Å². The Kier molecular flexibility index (Phi) is 3.42. The van der Waals surface area contributed by atoms with Gasteiger partial charge in [0.2, 0.25) is 5.75 Å². The standard InChI is InChI=1S/C10H9NO6/c1-5(12)7-3-6(10(14)17-2)4-8(9(7)13)11(15)16/h3-4,13H,1-2H3. The van der Waals surface area contributed by atoms with Crippen molar-refractivity contribution in [1.29, 1.82) is 0 Å². The van der Waals surface area contributed by atoms with Crippen molar-refractivity contribution in [1.82, 2.24) is 0 Å². The number of methoxy groups -OCH3 is 1. The molecule has 0 spiro atoms. The zero-order valence-corrected chi connectivity index (χ0v) is 9.09. The van der Waals surface area contributed by atoms with Crippen LogP contribution in [-0.2, 0) is 4.74 Å². The molecule has 1 aromatic carbocycles. The molecule has 7 heteroatoms. The highest BCUT2D eigenvalue weighted by atomic mass is 16.6. The van der Waals surface area contributed by atoms with Crippen LogP contribution in [0.1, 0.15) is 27.6 Å². The van der Waals surface area contributed by atoms with Gasteiger partial charge in [-0.3, -0.25) is 14.9 Å². The number of carbonyl (C=O) groups excluding carboxylic acids is 2. The fraction of sp³-hybridized carbons (Fsp3) is 0.200. The molecule has 0 saturated carbocycles. The maximum atomic E-state index is 11.2. The van der Waals surface area contributed by atoms with Gasteiger partial charge in [0.25, 0.3) is 0 Å². The van der Waals surface area contributed by atoms with E-state index in [4.69, 9.17) is 0 Å². The molecule has 0 unspecified atom stereocenters. The third-order valence-electron chi connectivity index (χ3n) is 2.09. The highest BCUT2D eigenvalue weighted by Gasteiger charge is 2.23. The number of aromatic hydroxyl groups is 1. The lowest BCUT2D eigenvalue weighted by Gasteiger charge is -2.05. The van der Waals surface area contributed by atoms with Gasteiger partial charge in [-0.25, -0.2) is 4.79 Å². The third kappa shape index (κ3) is 2.39. The molecule has 0 amide bonds. The Morgan fingerprint density at radius 2 is 2.00 bits per heavy atom. The Morgan fingerprint density at radius 3 is 2.41 bits per heavy atom. The summed E-state index contributed by atoms with van der Waals surface area (Å²) in [5.41, 5.74) is -1.17. The Bertz CT molecular complexity index is 473. The monoisotopic (exact) mass is 239 g/mol. The molecular weight excluding hydrogens is 230 g/mol. The van der Waals surface area contributed by atoms with Gasteiger partial charge >= 0.3 is 11.7 Å². The van der Waals surface area contributed by atoms with Gasteiger partial charge in [0.05, 0.1) is 23.2 Å². The Balaban J connectivity index is 3.52. The van der Waals surface area contributed by atoms with Gasteiger partial charge in [0, 0.05) is 6.07 Å². The van der Waals surface area contributed by atoms with Crippen LogP contribution in [0.15, 0.2) is 12.1 Å². The molecule has 90 valence electrons. The number of ketones is 1. The number of hydrogen-bond donors (Lipinski definition) is 1. The van der Waals surface area contributed by atoms with Crippen LogP contribution >= 0.6 is 0 Å². The maximum Gasteiger partial charge on any atom is 0.338 e. The molecule has 0 aromatic heterocycles.